The Kier molecular flexibility index (Phi) is 5.17. The zero-order valence-corrected chi connectivity index (χ0v) is 14.8. The molecule has 1 amide bonds. The molecule has 1 aromatic heterocycles. The number of hydrogen-bond acceptors (Lipinski definition) is 5. The summed E-state index contributed by atoms with van der Waals surface area (Å²) in [5, 5.41) is 10.7. The number of carbonyl (C=O) groups excluding carboxylic acids is 1. The van der Waals surface area contributed by atoms with Gasteiger partial charge in [0.1, 0.15) is 11.4 Å². The van der Waals surface area contributed by atoms with Gasteiger partial charge in [-0.15, -0.1) is 10.2 Å². The van der Waals surface area contributed by atoms with E-state index in [1.54, 1.807) is 33.8 Å². The Morgan fingerprint density at radius 1 is 1.46 bits per heavy atom. The Labute approximate surface area is 144 Å². The fourth-order valence-corrected chi connectivity index (χ4v) is 2.50. The highest BCUT2D eigenvalue weighted by atomic mass is 35.5. The molecule has 0 bridgehead atoms. The van der Waals surface area contributed by atoms with Crippen LogP contribution in [0.25, 0.3) is 0 Å². The normalized spacial score (nSPS) is 20.6. The summed E-state index contributed by atoms with van der Waals surface area (Å²) in [6.07, 6.45) is -1.16. The van der Waals surface area contributed by atoms with Crippen LogP contribution in [0.3, 0.4) is 0 Å². The third-order valence-corrected chi connectivity index (χ3v) is 3.71. The van der Waals surface area contributed by atoms with E-state index < -0.39 is 36.6 Å². The number of likely N-dealkylation sites (tertiary alicyclic amines) is 1. The molecule has 1 aliphatic rings. The van der Waals surface area contributed by atoms with Gasteiger partial charge >= 0.3 is 6.09 Å². The van der Waals surface area contributed by atoms with Crippen molar-refractivity contribution in [1.29, 1.82) is 0 Å². The van der Waals surface area contributed by atoms with Gasteiger partial charge in [-0.05, 0) is 39.3 Å². The molecule has 9 heteroatoms. The summed E-state index contributed by atoms with van der Waals surface area (Å²) >= 11 is 5.80. The first-order valence-electron chi connectivity index (χ1n) is 7.57. The first-order chi connectivity index (χ1) is 11.0. The predicted molar refractivity (Wildman–Crippen MR) is 86.6 cm³/mol. The third kappa shape index (κ3) is 5.15. The molecular formula is C15H21ClF2N4O2. The summed E-state index contributed by atoms with van der Waals surface area (Å²) in [6, 6.07) is 0.955. The maximum Gasteiger partial charge on any atom is 0.410 e. The van der Waals surface area contributed by atoms with Gasteiger partial charge in [-0.25, -0.2) is 13.6 Å². The number of hydrogen-bond donors (Lipinski definition) is 1. The molecule has 6 nitrogen and oxygen atoms in total. The van der Waals surface area contributed by atoms with Crippen molar-refractivity contribution < 1.29 is 18.3 Å². The quantitative estimate of drug-likeness (QED) is 0.872. The molecule has 2 heterocycles. The molecule has 0 aromatic carbocycles. The number of alkyl halides is 2. The first kappa shape index (κ1) is 18.6. The van der Waals surface area contributed by atoms with Gasteiger partial charge in [-0.3, -0.25) is 0 Å². The topological polar surface area (TPSA) is 67.4 Å². The molecule has 1 N–H and O–H groups in total. The molecule has 2 rings (SSSR count). The summed E-state index contributed by atoms with van der Waals surface area (Å²) in [4.78, 5) is 13.1. The Morgan fingerprint density at radius 3 is 2.71 bits per heavy atom. The van der Waals surface area contributed by atoms with Crippen LogP contribution in [0.4, 0.5) is 19.4 Å². The summed E-state index contributed by atoms with van der Waals surface area (Å²) < 4.78 is 33.2. The average molecular weight is 363 g/mol. The minimum Gasteiger partial charge on any atom is -0.444 e. The second-order valence-electron chi connectivity index (χ2n) is 6.97. The van der Waals surface area contributed by atoms with Gasteiger partial charge in [0.05, 0.1) is 12.6 Å². The van der Waals surface area contributed by atoms with E-state index in [1.807, 2.05) is 0 Å². The van der Waals surface area contributed by atoms with Crippen LogP contribution in [0.15, 0.2) is 6.07 Å². The number of piperidine rings is 1. The fraction of sp³-hybridized carbons (Fsp3) is 0.667. The number of ether oxygens (including phenoxy) is 1. The van der Waals surface area contributed by atoms with Gasteiger partial charge < -0.3 is 15.0 Å². The summed E-state index contributed by atoms with van der Waals surface area (Å²) in [6.45, 7) is 6.24. The molecule has 1 aliphatic heterocycles. The molecule has 1 atom stereocenters. The number of nitrogens with one attached hydrogen (secondary N) is 1. The van der Waals surface area contributed by atoms with Crippen molar-refractivity contribution in [2.45, 2.75) is 51.7 Å². The highest BCUT2D eigenvalue weighted by Gasteiger charge is 2.43. The summed E-state index contributed by atoms with van der Waals surface area (Å²) in [5.41, 5.74) is -0.0633. The number of aryl methyl sites for hydroxylation is 1. The lowest BCUT2D eigenvalue weighted by Gasteiger charge is -2.38. The largest absolute Gasteiger partial charge is 0.444 e. The molecular weight excluding hydrogens is 342 g/mol. The van der Waals surface area contributed by atoms with Crippen molar-refractivity contribution in [2.24, 2.45) is 0 Å². The van der Waals surface area contributed by atoms with E-state index in [1.165, 1.54) is 0 Å². The number of nitrogens with zero attached hydrogens (tertiary/aromatic N) is 3. The van der Waals surface area contributed by atoms with E-state index in [9.17, 15) is 13.6 Å². The molecule has 0 aliphatic carbocycles. The maximum absolute atomic E-state index is 14.0. The number of rotatable bonds is 2. The number of halogens is 3. The van der Waals surface area contributed by atoms with Crippen molar-refractivity contribution in [3.05, 3.63) is 16.8 Å². The maximum atomic E-state index is 14.0. The lowest BCUT2D eigenvalue weighted by molar-refractivity contribution is -0.0722. The van der Waals surface area contributed by atoms with Crippen LogP contribution in [-0.4, -0.2) is 51.8 Å². The molecule has 0 spiro atoms. The number of amides is 1. The molecule has 0 radical (unpaired) electrons. The molecule has 24 heavy (non-hydrogen) atoms. The van der Waals surface area contributed by atoms with E-state index >= 15 is 0 Å². The van der Waals surface area contributed by atoms with Gasteiger partial charge in [0.2, 0.25) is 0 Å². The minimum atomic E-state index is -3.01. The molecule has 0 saturated carbocycles. The Hall–Kier alpha value is -1.70. The highest BCUT2D eigenvalue weighted by Crippen LogP contribution is 2.29. The number of anilines is 1. The average Bonchev–Trinajstić information content (AvgIpc) is 2.39. The van der Waals surface area contributed by atoms with E-state index in [-0.39, 0.29) is 11.7 Å². The number of aromatic nitrogens is 2. The van der Waals surface area contributed by atoms with Crippen molar-refractivity contribution >= 4 is 23.5 Å². The van der Waals surface area contributed by atoms with Crippen molar-refractivity contribution in [1.82, 2.24) is 15.1 Å². The van der Waals surface area contributed by atoms with Crippen molar-refractivity contribution in [2.75, 3.05) is 18.4 Å². The Bertz CT molecular complexity index is 622. The van der Waals surface area contributed by atoms with Crippen LogP contribution in [0, 0.1) is 6.92 Å². The first-order valence-corrected chi connectivity index (χ1v) is 7.95. The van der Waals surface area contributed by atoms with E-state index in [2.05, 4.69) is 15.5 Å². The molecule has 1 saturated heterocycles. The lowest BCUT2D eigenvalue weighted by atomic mass is 10.0. The van der Waals surface area contributed by atoms with E-state index in [0.717, 1.165) is 4.90 Å². The van der Waals surface area contributed by atoms with Gasteiger partial charge in [0, 0.05) is 13.0 Å². The van der Waals surface area contributed by atoms with Gasteiger partial charge in [-0.2, -0.15) is 0 Å². The van der Waals surface area contributed by atoms with Crippen LogP contribution in [0.1, 0.15) is 32.8 Å². The monoisotopic (exact) mass is 362 g/mol. The summed E-state index contributed by atoms with van der Waals surface area (Å²) in [5.74, 6) is -2.68. The van der Waals surface area contributed by atoms with Crippen LogP contribution < -0.4 is 5.32 Å². The van der Waals surface area contributed by atoms with Gasteiger partial charge in [0.25, 0.3) is 5.92 Å². The molecule has 1 fully saturated rings. The van der Waals surface area contributed by atoms with Crippen molar-refractivity contribution in [3.63, 3.8) is 0 Å². The Balaban J connectivity index is 2.09. The third-order valence-electron chi connectivity index (χ3n) is 3.34. The standard InChI is InChI=1S/C15H21ClF2N4O2/c1-9-5-11(20-21-12(9)16)19-10-6-15(17,18)8-22(7-10)13(23)24-14(2,3)4/h5,10H,6-8H2,1-4H3,(H,19,20). The van der Waals surface area contributed by atoms with Gasteiger partial charge in [-0.1, -0.05) is 11.6 Å². The van der Waals surface area contributed by atoms with Crippen LogP contribution >= 0.6 is 11.6 Å². The zero-order valence-electron chi connectivity index (χ0n) is 14.1. The predicted octanol–water partition coefficient (Wildman–Crippen LogP) is 3.50. The minimum absolute atomic E-state index is 0.0911. The van der Waals surface area contributed by atoms with Crippen LogP contribution in [0.2, 0.25) is 5.15 Å². The lowest BCUT2D eigenvalue weighted by Crippen LogP contribution is -2.54. The smallest absolute Gasteiger partial charge is 0.410 e. The zero-order chi connectivity index (χ0) is 18.1. The van der Waals surface area contributed by atoms with E-state index in [4.69, 9.17) is 16.3 Å². The SMILES string of the molecule is Cc1cc(NC2CN(C(=O)OC(C)(C)C)CC(F)(F)C2)nnc1Cl. The molecule has 1 unspecified atom stereocenters. The Morgan fingerprint density at radius 2 is 2.12 bits per heavy atom. The van der Waals surface area contributed by atoms with Gasteiger partial charge in [0.15, 0.2) is 5.15 Å². The fourth-order valence-electron chi connectivity index (χ4n) is 2.41. The highest BCUT2D eigenvalue weighted by molar-refractivity contribution is 6.30. The second kappa shape index (κ2) is 6.66. The second-order valence-corrected chi connectivity index (χ2v) is 7.32. The summed E-state index contributed by atoms with van der Waals surface area (Å²) in [7, 11) is 0. The molecule has 134 valence electrons. The molecule has 1 aromatic rings. The van der Waals surface area contributed by atoms with Crippen LogP contribution in [0.5, 0.6) is 0 Å². The van der Waals surface area contributed by atoms with Crippen LogP contribution in [-0.2, 0) is 4.74 Å². The number of carbonyl (C=O) groups is 1. The van der Waals surface area contributed by atoms with E-state index in [0.29, 0.717) is 11.4 Å². The van der Waals surface area contributed by atoms with Crippen molar-refractivity contribution in [3.8, 4) is 0 Å².